The highest BCUT2D eigenvalue weighted by Gasteiger charge is 1.91. The van der Waals surface area contributed by atoms with Crippen LogP contribution in [0, 0.1) is 11.5 Å². The second-order valence-corrected chi connectivity index (χ2v) is 2.31. The Labute approximate surface area is 71.6 Å². The van der Waals surface area contributed by atoms with E-state index in [0.29, 0.717) is 6.54 Å². The highest BCUT2D eigenvalue weighted by molar-refractivity contribution is 5.27. The first-order chi connectivity index (χ1) is 5.86. The average Bonchev–Trinajstić information content (AvgIpc) is 2.15. The molecule has 0 aliphatic rings. The molecule has 3 heteroatoms. The highest BCUT2D eigenvalue weighted by Crippen LogP contribution is 2.10. The predicted octanol–water partition coefficient (Wildman–Crippen LogP) is 1.27. The van der Waals surface area contributed by atoms with Crippen molar-refractivity contribution in [2.75, 3.05) is 7.11 Å². The molecule has 1 aromatic carbocycles. The van der Waals surface area contributed by atoms with Gasteiger partial charge in [-0.25, -0.2) is 0 Å². The molecule has 0 heterocycles. The maximum atomic E-state index is 8.24. The summed E-state index contributed by atoms with van der Waals surface area (Å²) >= 11 is 0. The number of nitrogens with zero attached hydrogens (tertiary/aromatic N) is 1. The number of ether oxygens (including phenoxy) is 1. The number of methoxy groups -OCH3 is 1. The summed E-state index contributed by atoms with van der Waals surface area (Å²) in [6, 6.07) is 7.58. The van der Waals surface area contributed by atoms with Crippen LogP contribution in [0.3, 0.4) is 0 Å². The number of hydrogen-bond donors (Lipinski definition) is 1. The van der Waals surface area contributed by atoms with E-state index < -0.39 is 0 Å². The molecule has 3 nitrogen and oxygen atoms in total. The molecule has 0 aliphatic heterocycles. The van der Waals surface area contributed by atoms with Crippen molar-refractivity contribution < 1.29 is 4.74 Å². The quantitative estimate of drug-likeness (QED) is 0.537. The van der Waals surface area contributed by atoms with Crippen LogP contribution in [0.4, 0.5) is 0 Å². The molecule has 1 rings (SSSR count). The Bertz CT molecular complexity index is 274. The molecule has 0 aromatic heterocycles. The summed E-state index contributed by atoms with van der Waals surface area (Å²) in [5, 5.41) is 10.8. The van der Waals surface area contributed by atoms with Crippen LogP contribution in [0.15, 0.2) is 24.3 Å². The summed E-state index contributed by atoms with van der Waals surface area (Å²) in [7, 11) is 1.63. The van der Waals surface area contributed by atoms with Crippen LogP contribution in [0.25, 0.3) is 0 Å². The highest BCUT2D eigenvalue weighted by atomic mass is 16.5. The number of nitriles is 1. The summed E-state index contributed by atoms with van der Waals surface area (Å²) in [6.45, 7) is 0.570. The van der Waals surface area contributed by atoms with Crippen molar-refractivity contribution in [3.63, 3.8) is 0 Å². The molecule has 0 saturated heterocycles. The maximum absolute atomic E-state index is 8.24. The van der Waals surface area contributed by atoms with Crippen LogP contribution in [0.1, 0.15) is 5.56 Å². The minimum Gasteiger partial charge on any atom is -0.497 e. The third kappa shape index (κ3) is 2.17. The normalized spacial score (nSPS) is 8.67. The van der Waals surface area contributed by atoms with Gasteiger partial charge in [-0.05, 0) is 17.7 Å². The molecule has 0 aliphatic carbocycles. The fraction of sp³-hybridized carbons (Fsp3) is 0.222. The molecule has 0 spiro atoms. The van der Waals surface area contributed by atoms with Gasteiger partial charge in [0.25, 0.3) is 0 Å². The van der Waals surface area contributed by atoms with Crippen molar-refractivity contribution in [2.24, 2.45) is 0 Å². The molecule has 0 unspecified atom stereocenters. The zero-order valence-corrected chi connectivity index (χ0v) is 6.87. The lowest BCUT2D eigenvalue weighted by atomic mass is 10.2. The molecular weight excluding hydrogens is 152 g/mol. The fourth-order valence-corrected chi connectivity index (χ4v) is 0.885. The Morgan fingerprint density at radius 3 is 2.58 bits per heavy atom. The maximum Gasteiger partial charge on any atom is 0.176 e. The lowest BCUT2D eigenvalue weighted by molar-refractivity contribution is 0.414. The molecule has 0 saturated carbocycles. The summed E-state index contributed by atoms with van der Waals surface area (Å²) in [5.41, 5.74) is 1.07. The van der Waals surface area contributed by atoms with Gasteiger partial charge in [0.2, 0.25) is 0 Å². The third-order valence-electron chi connectivity index (χ3n) is 1.53. The van der Waals surface area contributed by atoms with Crippen molar-refractivity contribution in [2.45, 2.75) is 6.54 Å². The molecule has 0 bridgehead atoms. The third-order valence-corrected chi connectivity index (χ3v) is 1.53. The SMILES string of the molecule is COc1ccc(CNC#N)cc1. The van der Waals surface area contributed by atoms with Crippen LogP contribution >= 0.6 is 0 Å². The van der Waals surface area contributed by atoms with Crippen molar-refractivity contribution in [1.82, 2.24) is 5.32 Å². The first-order valence-corrected chi connectivity index (χ1v) is 3.61. The smallest absolute Gasteiger partial charge is 0.176 e. The molecule has 0 fully saturated rings. The van der Waals surface area contributed by atoms with Crippen molar-refractivity contribution >= 4 is 0 Å². The Morgan fingerprint density at radius 1 is 1.42 bits per heavy atom. The Balaban J connectivity index is 2.60. The van der Waals surface area contributed by atoms with Crippen LogP contribution in [0.5, 0.6) is 5.75 Å². The van der Waals surface area contributed by atoms with Crippen molar-refractivity contribution in [1.29, 1.82) is 5.26 Å². The molecule has 0 atom stereocenters. The van der Waals surface area contributed by atoms with Crippen LogP contribution in [-0.4, -0.2) is 7.11 Å². The van der Waals surface area contributed by atoms with E-state index in [-0.39, 0.29) is 0 Å². The summed E-state index contributed by atoms with van der Waals surface area (Å²) in [6.07, 6.45) is 1.86. The summed E-state index contributed by atoms with van der Waals surface area (Å²) in [5.74, 6) is 0.829. The van der Waals surface area contributed by atoms with E-state index in [2.05, 4.69) is 5.32 Å². The molecule has 0 amide bonds. The zero-order valence-electron chi connectivity index (χ0n) is 6.87. The van der Waals surface area contributed by atoms with Crippen LogP contribution < -0.4 is 10.1 Å². The summed E-state index contributed by atoms with van der Waals surface area (Å²) < 4.78 is 4.99. The second kappa shape index (κ2) is 4.24. The van der Waals surface area contributed by atoms with E-state index >= 15 is 0 Å². The van der Waals surface area contributed by atoms with Gasteiger partial charge >= 0.3 is 0 Å². The van der Waals surface area contributed by atoms with Gasteiger partial charge in [-0.3, -0.25) is 0 Å². The minimum atomic E-state index is 0.570. The number of benzene rings is 1. The lowest BCUT2D eigenvalue weighted by Crippen LogP contribution is -2.03. The Kier molecular flexibility index (Phi) is 2.97. The number of hydrogen-bond acceptors (Lipinski definition) is 3. The minimum absolute atomic E-state index is 0.570. The van der Waals surface area contributed by atoms with Crippen LogP contribution in [-0.2, 0) is 6.54 Å². The van der Waals surface area contributed by atoms with E-state index in [1.807, 2.05) is 30.5 Å². The van der Waals surface area contributed by atoms with E-state index in [1.165, 1.54) is 0 Å². The lowest BCUT2D eigenvalue weighted by Gasteiger charge is -2.01. The first-order valence-electron chi connectivity index (χ1n) is 3.61. The zero-order chi connectivity index (χ0) is 8.81. The molecule has 1 aromatic rings. The second-order valence-electron chi connectivity index (χ2n) is 2.31. The summed E-state index contributed by atoms with van der Waals surface area (Å²) in [4.78, 5) is 0. The number of nitrogens with one attached hydrogen (secondary N) is 1. The molecular formula is C9H10N2O. The Morgan fingerprint density at radius 2 is 2.08 bits per heavy atom. The van der Waals surface area contributed by atoms with E-state index in [9.17, 15) is 0 Å². The molecule has 0 radical (unpaired) electrons. The van der Waals surface area contributed by atoms with E-state index in [1.54, 1.807) is 7.11 Å². The average molecular weight is 162 g/mol. The Hall–Kier alpha value is -1.69. The molecule has 62 valence electrons. The largest absolute Gasteiger partial charge is 0.497 e. The molecule has 1 N–H and O–H groups in total. The van der Waals surface area contributed by atoms with Crippen molar-refractivity contribution in [3.05, 3.63) is 29.8 Å². The van der Waals surface area contributed by atoms with Crippen LogP contribution in [0.2, 0.25) is 0 Å². The van der Waals surface area contributed by atoms with Crippen molar-refractivity contribution in [3.8, 4) is 11.9 Å². The van der Waals surface area contributed by atoms with Gasteiger partial charge in [-0.15, -0.1) is 0 Å². The first kappa shape index (κ1) is 8.41. The monoisotopic (exact) mass is 162 g/mol. The van der Waals surface area contributed by atoms with E-state index in [0.717, 1.165) is 11.3 Å². The van der Waals surface area contributed by atoms with Gasteiger partial charge in [0.1, 0.15) is 5.75 Å². The van der Waals surface area contributed by atoms with Gasteiger partial charge in [-0.2, -0.15) is 5.26 Å². The predicted molar refractivity (Wildman–Crippen MR) is 45.4 cm³/mol. The van der Waals surface area contributed by atoms with Gasteiger partial charge in [0.15, 0.2) is 6.19 Å². The van der Waals surface area contributed by atoms with E-state index in [4.69, 9.17) is 10.00 Å². The van der Waals surface area contributed by atoms with Gasteiger partial charge in [0, 0.05) is 6.54 Å². The van der Waals surface area contributed by atoms with Gasteiger partial charge in [0.05, 0.1) is 7.11 Å². The standard InChI is InChI=1S/C9H10N2O/c1-12-9-4-2-8(3-5-9)6-11-7-10/h2-5,11H,6H2,1H3. The topological polar surface area (TPSA) is 45.0 Å². The van der Waals surface area contributed by atoms with Gasteiger partial charge < -0.3 is 10.1 Å². The van der Waals surface area contributed by atoms with Gasteiger partial charge in [-0.1, -0.05) is 12.1 Å². The fourth-order valence-electron chi connectivity index (χ4n) is 0.885. The number of rotatable bonds is 3. The molecule has 12 heavy (non-hydrogen) atoms.